The fourth-order valence-corrected chi connectivity index (χ4v) is 4.96. The monoisotopic (exact) mass is 399 g/mol. The van der Waals surface area contributed by atoms with Crippen molar-refractivity contribution in [1.29, 1.82) is 0 Å². The summed E-state index contributed by atoms with van der Waals surface area (Å²) in [5.74, 6) is 4.17. The molecule has 0 aliphatic carbocycles. The molecular formula is C21H21NO5S. The summed E-state index contributed by atoms with van der Waals surface area (Å²) in [5, 5.41) is 0.359. The minimum absolute atomic E-state index is 0.158. The SMILES string of the molecule is O=C(Cc1ccc2c(c1)OCO2)N1CCSC(c2ccc3c(c2)OCO3)CC1. The Balaban J connectivity index is 1.22. The molecule has 1 amide bonds. The second-order valence-corrected chi connectivity index (χ2v) is 8.32. The quantitative estimate of drug-likeness (QED) is 0.789. The van der Waals surface area contributed by atoms with Gasteiger partial charge in [0.05, 0.1) is 6.42 Å². The average molecular weight is 399 g/mol. The van der Waals surface area contributed by atoms with Gasteiger partial charge >= 0.3 is 0 Å². The molecule has 146 valence electrons. The van der Waals surface area contributed by atoms with Crippen molar-refractivity contribution in [3.05, 3.63) is 47.5 Å². The first-order chi connectivity index (χ1) is 13.8. The van der Waals surface area contributed by atoms with Gasteiger partial charge < -0.3 is 23.8 Å². The highest BCUT2D eigenvalue weighted by Crippen LogP contribution is 2.40. The van der Waals surface area contributed by atoms with Crippen LogP contribution in [-0.2, 0) is 11.2 Å². The Kier molecular flexibility index (Phi) is 4.68. The number of fused-ring (bicyclic) bond motifs is 2. The maximum Gasteiger partial charge on any atom is 0.231 e. The van der Waals surface area contributed by atoms with Crippen LogP contribution >= 0.6 is 11.8 Å². The molecule has 1 saturated heterocycles. The molecule has 7 heteroatoms. The van der Waals surface area contributed by atoms with Crippen LogP contribution in [0.1, 0.15) is 22.8 Å². The first-order valence-corrected chi connectivity index (χ1v) is 10.5. The average Bonchev–Trinajstić information content (AvgIpc) is 3.30. The van der Waals surface area contributed by atoms with Crippen molar-refractivity contribution < 1.29 is 23.7 Å². The third kappa shape index (κ3) is 3.46. The lowest BCUT2D eigenvalue weighted by Gasteiger charge is -2.20. The number of nitrogens with zero attached hydrogens (tertiary/aromatic N) is 1. The maximum atomic E-state index is 12.8. The number of ether oxygens (including phenoxy) is 4. The lowest BCUT2D eigenvalue weighted by atomic mass is 10.1. The molecule has 0 spiro atoms. The van der Waals surface area contributed by atoms with E-state index in [0.717, 1.165) is 53.8 Å². The van der Waals surface area contributed by atoms with Gasteiger partial charge in [0.2, 0.25) is 19.5 Å². The van der Waals surface area contributed by atoms with E-state index in [0.29, 0.717) is 18.5 Å². The molecule has 1 fully saturated rings. The van der Waals surface area contributed by atoms with E-state index in [1.807, 2.05) is 40.9 Å². The number of hydrogen-bond donors (Lipinski definition) is 0. The number of benzene rings is 2. The largest absolute Gasteiger partial charge is 0.454 e. The van der Waals surface area contributed by atoms with Crippen molar-refractivity contribution in [1.82, 2.24) is 4.90 Å². The van der Waals surface area contributed by atoms with Gasteiger partial charge in [0.15, 0.2) is 23.0 Å². The van der Waals surface area contributed by atoms with Gasteiger partial charge in [-0.2, -0.15) is 11.8 Å². The summed E-state index contributed by atoms with van der Waals surface area (Å²) in [4.78, 5) is 14.8. The van der Waals surface area contributed by atoms with Gasteiger partial charge in [-0.05, 0) is 41.8 Å². The predicted molar refractivity (Wildman–Crippen MR) is 105 cm³/mol. The third-order valence-corrected chi connectivity index (χ3v) is 6.58. The zero-order chi connectivity index (χ0) is 18.9. The van der Waals surface area contributed by atoms with E-state index >= 15 is 0 Å². The molecule has 3 aliphatic heterocycles. The molecule has 0 radical (unpaired) electrons. The number of thioether (sulfide) groups is 1. The predicted octanol–water partition coefficient (Wildman–Crippen LogP) is 3.39. The summed E-state index contributed by atoms with van der Waals surface area (Å²) in [5.41, 5.74) is 2.19. The summed E-state index contributed by atoms with van der Waals surface area (Å²) in [7, 11) is 0. The highest BCUT2D eigenvalue weighted by molar-refractivity contribution is 7.99. The van der Waals surface area contributed by atoms with Crippen LogP contribution in [0.25, 0.3) is 0 Å². The van der Waals surface area contributed by atoms with Gasteiger partial charge in [0, 0.05) is 24.1 Å². The highest BCUT2D eigenvalue weighted by atomic mass is 32.2. The van der Waals surface area contributed by atoms with Crippen molar-refractivity contribution in [2.45, 2.75) is 18.1 Å². The first-order valence-electron chi connectivity index (χ1n) is 9.44. The lowest BCUT2D eigenvalue weighted by Crippen LogP contribution is -2.34. The summed E-state index contributed by atoms with van der Waals surface area (Å²) < 4.78 is 21.7. The first kappa shape index (κ1) is 17.6. The number of rotatable bonds is 3. The smallest absolute Gasteiger partial charge is 0.231 e. The second kappa shape index (κ2) is 7.47. The van der Waals surface area contributed by atoms with E-state index in [1.165, 1.54) is 5.56 Å². The van der Waals surface area contributed by atoms with E-state index in [4.69, 9.17) is 18.9 Å². The summed E-state index contributed by atoms with van der Waals surface area (Å²) >= 11 is 1.90. The summed E-state index contributed by atoms with van der Waals surface area (Å²) in [6.45, 7) is 2.07. The van der Waals surface area contributed by atoms with Gasteiger partial charge in [-0.25, -0.2) is 0 Å². The van der Waals surface area contributed by atoms with Gasteiger partial charge in [-0.15, -0.1) is 0 Å². The fourth-order valence-electron chi connectivity index (χ4n) is 3.74. The maximum absolute atomic E-state index is 12.8. The molecule has 6 nitrogen and oxygen atoms in total. The van der Waals surface area contributed by atoms with E-state index in [2.05, 4.69) is 12.1 Å². The Bertz CT molecular complexity index is 902. The van der Waals surface area contributed by atoms with Crippen molar-refractivity contribution in [2.75, 3.05) is 32.4 Å². The molecule has 0 bridgehead atoms. The van der Waals surface area contributed by atoms with Crippen molar-refractivity contribution in [2.24, 2.45) is 0 Å². The molecule has 28 heavy (non-hydrogen) atoms. The molecule has 3 heterocycles. The zero-order valence-corrected chi connectivity index (χ0v) is 16.2. The second-order valence-electron chi connectivity index (χ2n) is 7.01. The minimum atomic E-state index is 0.158. The van der Waals surface area contributed by atoms with E-state index in [9.17, 15) is 4.79 Å². The molecule has 1 unspecified atom stereocenters. The summed E-state index contributed by atoms with van der Waals surface area (Å²) in [6, 6.07) is 11.9. The topological polar surface area (TPSA) is 57.2 Å². The molecule has 2 aromatic carbocycles. The van der Waals surface area contributed by atoms with Gasteiger partial charge in [-0.1, -0.05) is 12.1 Å². The molecule has 5 rings (SSSR count). The van der Waals surface area contributed by atoms with Crippen molar-refractivity contribution in [3.8, 4) is 23.0 Å². The number of carbonyl (C=O) groups excluding carboxylic acids is 1. The number of carbonyl (C=O) groups is 1. The van der Waals surface area contributed by atoms with Crippen LogP contribution in [0.3, 0.4) is 0 Å². The van der Waals surface area contributed by atoms with E-state index in [1.54, 1.807) is 0 Å². The minimum Gasteiger partial charge on any atom is -0.454 e. The van der Waals surface area contributed by atoms with Gasteiger partial charge in [-0.3, -0.25) is 4.79 Å². The van der Waals surface area contributed by atoms with E-state index < -0.39 is 0 Å². The molecule has 3 aliphatic rings. The van der Waals surface area contributed by atoms with Crippen LogP contribution < -0.4 is 18.9 Å². The number of hydrogen-bond acceptors (Lipinski definition) is 6. The highest BCUT2D eigenvalue weighted by Gasteiger charge is 2.24. The van der Waals surface area contributed by atoms with Crippen molar-refractivity contribution >= 4 is 17.7 Å². The molecule has 0 N–H and O–H groups in total. The number of amides is 1. The van der Waals surface area contributed by atoms with Crippen LogP contribution in [0.5, 0.6) is 23.0 Å². The summed E-state index contributed by atoms with van der Waals surface area (Å²) in [6.07, 6.45) is 1.31. The van der Waals surface area contributed by atoms with E-state index in [-0.39, 0.29) is 12.7 Å². The van der Waals surface area contributed by atoms with Crippen LogP contribution in [0.4, 0.5) is 0 Å². The van der Waals surface area contributed by atoms with Gasteiger partial charge in [0.1, 0.15) is 0 Å². The van der Waals surface area contributed by atoms with Crippen LogP contribution in [0, 0.1) is 0 Å². The van der Waals surface area contributed by atoms with Crippen molar-refractivity contribution in [3.63, 3.8) is 0 Å². The van der Waals surface area contributed by atoms with Crippen LogP contribution in [0.2, 0.25) is 0 Å². The van der Waals surface area contributed by atoms with Gasteiger partial charge in [0.25, 0.3) is 0 Å². The Hall–Kier alpha value is -2.54. The Labute approximate surface area is 167 Å². The fraction of sp³-hybridized carbons (Fsp3) is 0.381. The lowest BCUT2D eigenvalue weighted by molar-refractivity contribution is -0.130. The van der Waals surface area contributed by atoms with Crippen LogP contribution in [-0.4, -0.2) is 43.2 Å². The normalized spacial score (nSPS) is 20.1. The standard InChI is InChI=1S/C21H21NO5S/c23-21(10-14-1-3-16-18(9-14)26-12-24-16)22-6-5-20(28-8-7-22)15-2-4-17-19(11-15)27-13-25-17/h1-4,9,11,20H,5-8,10,12-13H2. The Morgan fingerprint density at radius 1 is 0.929 bits per heavy atom. The molecule has 1 atom stereocenters. The molecule has 2 aromatic rings. The molecule has 0 aromatic heterocycles. The molecule has 0 saturated carbocycles. The van der Waals surface area contributed by atoms with Crippen LogP contribution in [0.15, 0.2) is 36.4 Å². The Morgan fingerprint density at radius 3 is 2.46 bits per heavy atom. The molecular weight excluding hydrogens is 378 g/mol. The zero-order valence-electron chi connectivity index (χ0n) is 15.4. The third-order valence-electron chi connectivity index (χ3n) is 5.25. The Morgan fingerprint density at radius 2 is 1.64 bits per heavy atom.